The van der Waals surface area contributed by atoms with Gasteiger partial charge in [0.1, 0.15) is 5.60 Å². The molecule has 1 saturated heterocycles. The summed E-state index contributed by atoms with van der Waals surface area (Å²) in [5, 5.41) is 19.2. The fraction of sp³-hybridized carbons (Fsp3) is 0.500. The Hall–Kier alpha value is -1.93. The van der Waals surface area contributed by atoms with Crippen LogP contribution in [0.15, 0.2) is 46.8 Å². The zero-order chi connectivity index (χ0) is 20.5. The van der Waals surface area contributed by atoms with E-state index in [2.05, 4.69) is 39.8 Å². The molecule has 0 radical (unpaired) electrons. The van der Waals surface area contributed by atoms with E-state index in [-0.39, 0.29) is 0 Å². The summed E-state index contributed by atoms with van der Waals surface area (Å²) in [6, 6.07) is 12.5. The third-order valence-electron chi connectivity index (χ3n) is 4.92. The number of nitrogens with one attached hydrogen (secondary N) is 2. The molecule has 1 atom stereocenters. The van der Waals surface area contributed by atoms with Gasteiger partial charge in [0.25, 0.3) is 0 Å². The van der Waals surface area contributed by atoms with Crippen LogP contribution in [0.3, 0.4) is 0 Å². The van der Waals surface area contributed by atoms with Crippen molar-refractivity contribution in [2.45, 2.75) is 32.5 Å². The molecule has 2 heterocycles. The van der Waals surface area contributed by atoms with Gasteiger partial charge in [-0.15, -0.1) is 11.3 Å². The first kappa shape index (κ1) is 21.8. The van der Waals surface area contributed by atoms with Gasteiger partial charge >= 0.3 is 0 Å². The maximum atomic E-state index is 10.7. The minimum Gasteiger partial charge on any atom is -0.383 e. The number of ether oxygens (including phenoxy) is 1. The van der Waals surface area contributed by atoms with Crippen molar-refractivity contribution >= 4 is 17.3 Å². The van der Waals surface area contributed by atoms with Gasteiger partial charge in [-0.2, -0.15) is 0 Å². The van der Waals surface area contributed by atoms with E-state index in [4.69, 9.17) is 9.73 Å². The number of benzene rings is 1. The summed E-state index contributed by atoms with van der Waals surface area (Å²) in [6.07, 6.45) is 0. The lowest BCUT2D eigenvalue weighted by atomic mass is 10.1. The molecule has 1 unspecified atom stereocenters. The number of aliphatic imine (C=N–C) groups is 1. The Balaban J connectivity index is 1.58. The lowest BCUT2D eigenvalue weighted by Crippen LogP contribution is -2.44. The van der Waals surface area contributed by atoms with Crippen LogP contribution >= 0.6 is 11.3 Å². The van der Waals surface area contributed by atoms with Crippen molar-refractivity contribution in [2.24, 2.45) is 4.99 Å². The minimum atomic E-state index is -0.928. The predicted molar refractivity (Wildman–Crippen MR) is 119 cm³/mol. The summed E-state index contributed by atoms with van der Waals surface area (Å²) >= 11 is 1.56. The zero-order valence-electron chi connectivity index (χ0n) is 17.4. The minimum absolute atomic E-state index is 0.399. The monoisotopic (exact) mass is 416 g/mol. The molecule has 1 fully saturated rings. The summed E-state index contributed by atoms with van der Waals surface area (Å²) in [7, 11) is 0. The second-order valence-corrected chi connectivity index (χ2v) is 8.46. The Bertz CT molecular complexity index is 771. The third-order valence-corrected chi connectivity index (χ3v) is 6.04. The molecule has 1 aromatic carbocycles. The number of hydrogen-bond donors (Lipinski definition) is 3. The highest BCUT2D eigenvalue weighted by atomic mass is 32.1. The van der Waals surface area contributed by atoms with Crippen LogP contribution in [0.2, 0.25) is 0 Å². The van der Waals surface area contributed by atoms with Crippen LogP contribution < -0.4 is 10.6 Å². The molecule has 1 aliphatic heterocycles. The summed E-state index contributed by atoms with van der Waals surface area (Å²) < 4.78 is 5.43. The van der Waals surface area contributed by atoms with Gasteiger partial charge in [0.2, 0.25) is 0 Å². The Morgan fingerprint density at radius 1 is 1.21 bits per heavy atom. The summed E-state index contributed by atoms with van der Waals surface area (Å²) in [6.45, 7) is 10.2. The molecule has 29 heavy (non-hydrogen) atoms. The zero-order valence-corrected chi connectivity index (χ0v) is 18.2. The van der Waals surface area contributed by atoms with Crippen molar-refractivity contribution in [3.8, 4) is 0 Å². The van der Waals surface area contributed by atoms with Crippen molar-refractivity contribution in [2.75, 3.05) is 39.4 Å². The maximum absolute atomic E-state index is 10.7. The number of aliphatic hydroxyl groups is 1. The number of morpholine rings is 1. The third kappa shape index (κ3) is 6.82. The first-order valence-electron chi connectivity index (χ1n) is 10.2. The molecule has 6 nitrogen and oxygen atoms in total. The van der Waals surface area contributed by atoms with Crippen LogP contribution in [0.5, 0.6) is 0 Å². The molecule has 7 heteroatoms. The van der Waals surface area contributed by atoms with Crippen molar-refractivity contribution in [3.63, 3.8) is 0 Å². The SMILES string of the molecule is CCNC(=NCc1cccc(CN2CCOCC2)c1)NCC(C)(O)c1cccs1. The average molecular weight is 417 g/mol. The Morgan fingerprint density at radius 2 is 2.00 bits per heavy atom. The van der Waals surface area contributed by atoms with Crippen molar-refractivity contribution in [3.05, 3.63) is 57.8 Å². The standard InChI is InChI=1S/C22H32N4O2S/c1-3-23-21(25-17-22(2,27)20-8-5-13-29-20)24-15-18-6-4-7-19(14-18)16-26-9-11-28-12-10-26/h4-8,13-14,27H,3,9-12,15-17H2,1-2H3,(H2,23,24,25). The molecule has 0 aliphatic carbocycles. The van der Waals surface area contributed by atoms with Crippen molar-refractivity contribution in [1.29, 1.82) is 0 Å². The summed E-state index contributed by atoms with van der Waals surface area (Å²) in [5.74, 6) is 0.711. The number of guanidine groups is 1. The van der Waals surface area contributed by atoms with E-state index >= 15 is 0 Å². The van der Waals surface area contributed by atoms with E-state index < -0.39 is 5.60 Å². The van der Waals surface area contributed by atoms with Gasteiger partial charge in [0, 0.05) is 31.1 Å². The van der Waals surface area contributed by atoms with E-state index in [0.29, 0.717) is 19.0 Å². The summed E-state index contributed by atoms with van der Waals surface area (Å²) in [5.41, 5.74) is 1.55. The highest BCUT2D eigenvalue weighted by Crippen LogP contribution is 2.24. The topological polar surface area (TPSA) is 69.1 Å². The molecular formula is C22H32N4O2S. The lowest BCUT2D eigenvalue weighted by Gasteiger charge is -2.26. The number of hydrogen-bond acceptors (Lipinski definition) is 5. The van der Waals surface area contributed by atoms with E-state index in [1.807, 2.05) is 31.4 Å². The van der Waals surface area contributed by atoms with Crippen LogP contribution in [0.25, 0.3) is 0 Å². The number of rotatable bonds is 8. The second-order valence-electron chi connectivity index (χ2n) is 7.51. The number of nitrogens with zero attached hydrogens (tertiary/aromatic N) is 2. The second kappa shape index (κ2) is 10.7. The van der Waals surface area contributed by atoms with Gasteiger partial charge in [-0.1, -0.05) is 30.3 Å². The van der Waals surface area contributed by atoms with E-state index in [1.165, 1.54) is 11.1 Å². The van der Waals surface area contributed by atoms with Gasteiger partial charge in [-0.25, -0.2) is 4.99 Å². The van der Waals surface area contributed by atoms with Gasteiger partial charge in [0.05, 0.1) is 26.3 Å². The molecular weight excluding hydrogens is 384 g/mol. The Morgan fingerprint density at radius 3 is 2.72 bits per heavy atom. The van der Waals surface area contributed by atoms with Crippen LogP contribution in [0, 0.1) is 0 Å². The normalized spacial score (nSPS) is 17.7. The maximum Gasteiger partial charge on any atom is 0.191 e. The van der Waals surface area contributed by atoms with E-state index in [9.17, 15) is 5.11 Å². The molecule has 158 valence electrons. The average Bonchev–Trinajstić information content (AvgIpc) is 3.27. The van der Waals surface area contributed by atoms with Gasteiger partial charge < -0.3 is 20.5 Å². The lowest BCUT2D eigenvalue weighted by molar-refractivity contribution is 0.0342. The predicted octanol–water partition coefficient (Wildman–Crippen LogP) is 2.54. The molecule has 2 aromatic rings. The molecule has 1 aliphatic rings. The fourth-order valence-electron chi connectivity index (χ4n) is 3.28. The summed E-state index contributed by atoms with van der Waals surface area (Å²) in [4.78, 5) is 8.07. The fourth-order valence-corrected chi connectivity index (χ4v) is 4.07. The first-order valence-corrected chi connectivity index (χ1v) is 11.1. The quantitative estimate of drug-likeness (QED) is 0.456. The molecule has 3 N–H and O–H groups in total. The van der Waals surface area contributed by atoms with E-state index in [0.717, 1.165) is 44.3 Å². The molecule has 3 rings (SSSR count). The highest BCUT2D eigenvalue weighted by molar-refractivity contribution is 7.10. The highest BCUT2D eigenvalue weighted by Gasteiger charge is 2.24. The Kier molecular flexibility index (Phi) is 8.06. The molecule has 0 amide bonds. The molecule has 0 spiro atoms. The van der Waals surface area contributed by atoms with Crippen molar-refractivity contribution < 1.29 is 9.84 Å². The molecule has 0 bridgehead atoms. The van der Waals surface area contributed by atoms with Crippen LogP contribution in [0.1, 0.15) is 29.9 Å². The first-order chi connectivity index (χ1) is 14.1. The van der Waals surface area contributed by atoms with Gasteiger partial charge in [0.15, 0.2) is 5.96 Å². The largest absolute Gasteiger partial charge is 0.383 e. The van der Waals surface area contributed by atoms with Crippen LogP contribution in [-0.4, -0.2) is 55.4 Å². The van der Waals surface area contributed by atoms with Crippen LogP contribution in [-0.2, 0) is 23.4 Å². The van der Waals surface area contributed by atoms with Crippen LogP contribution in [0.4, 0.5) is 0 Å². The molecule has 1 aromatic heterocycles. The molecule has 0 saturated carbocycles. The Labute approximate surface area is 177 Å². The smallest absolute Gasteiger partial charge is 0.191 e. The van der Waals surface area contributed by atoms with Crippen molar-refractivity contribution in [1.82, 2.24) is 15.5 Å². The van der Waals surface area contributed by atoms with Gasteiger partial charge in [-0.3, -0.25) is 4.90 Å². The van der Waals surface area contributed by atoms with E-state index in [1.54, 1.807) is 11.3 Å². The number of thiophene rings is 1. The van der Waals surface area contributed by atoms with Gasteiger partial charge in [-0.05, 0) is 36.4 Å².